The number of ether oxygens (including phenoxy) is 1. The third-order valence-corrected chi connectivity index (χ3v) is 2.09. The average molecular weight is 206 g/mol. The number of methoxy groups -OCH3 is 1. The largest absolute Gasteiger partial charge is 0.508 e. The van der Waals surface area contributed by atoms with Gasteiger partial charge >= 0.3 is 5.63 Å². The predicted molar refractivity (Wildman–Crippen MR) is 54.9 cm³/mol. The number of benzene rings is 1. The lowest BCUT2D eigenvalue weighted by molar-refractivity contribution is 0.182. The molecule has 2 rings (SSSR count). The summed E-state index contributed by atoms with van der Waals surface area (Å²) in [6.07, 6.45) is 0. The first-order chi connectivity index (χ1) is 7.20. The van der Waals surface area contributed by atoms with Gasteiger partial charge in [-0.25, -0.2) is 4.79 Å². The van der Waals surface area contributed by atoms with Crippen molar-refractivity contribution in [1.29, 1.82) is 0 Å². The van der Waals surface area contributed by atoms with E-state index in [-0.39, 0.29) is 12.4 Å². The first-order valence-electron chi connectivity index (χ1n) is 4.45. The number of rotatable bonds is 2. The van der Waals surface area contributed by atoms with Crippen LogP contribution in [0.2, 0.25) is 0 Å². The highest BCUT2D eigenvalue weighted by Gasteiger charge is 2.05. The highest BCUT2D eigenvalue weighted by molar-refractivity contribution is 5.78. The van der Waals surface area contributed by atoms with Gasteiger partial charge in [0, 0.05) is 18.6 Å². The quantitative estimate of drug-likeness (QED) is 0.759. The Bertz CT molecular complexity index is 542. The first kappa shape index (κ1) is 9.73. The average Bonchev–Trinajstić information content (AvgIpc) is 2.20. The van der Waals surface area contributed by atoms with Crippen LogP contribution in [-0.4, -0.2) is 12.2 Å². The van der Waals surface area contributed by atoms with Crippen molar-refractivity contribution in [2.45, 2.75) is 6.61 Å². The summed E-state index contributed by atoms with van der Waals surface area (Å²) >= 11 is 0. The van der Waals surface area contributed by atoms with Gasteiger partial charge in [0.15, 0.2) is 0 Å². The topological polar surface area (TPSA) is 59.7 Å². The molecule has 4 heteroatoms. The number of aromatic hydroxyl groups is 1. The minimum Gasteiger partial charge on any atom is -0.508 e. The van der Waals surface area contributed by atoms with Gasteiger partial charge in [-0.1, -0.05) is 0 Å². The number of phenols is 1. The normalized spacial score (nSPS) is 10.7. The number of fused-ring (bicyclic) bond motifs is 1. The molecule has 1 aromatic heterocycles. The summed E-state index contributed by atoms with van der Waals surface area (Å²) in [4.78, 5) is 11.4. The molecule has 0 unspecified atom stereocenters. The van der Waals surface area contributed by atoms with Crippen LogP contribution >= 0.6 is 0 Å². The van der Waals surface area contributed by atoms with Crippen LogP contribution in [0.3, 0.4) is 0 Å². The Hall–Kier alpha value is -1.81. The van der Waals surface area contributed by atoms with E-state index in [0.717, 1.165) is 5.39 Å². The lowest BCUT2D eigenvalue weighted by Crippen LogP contribution is -2.07. The monoisotopic (exact) mass is 206 g/mol. The summed E-state index contributed by atoms with van der Waals surface area (Å²) in [5.41, 5.74) is 0.408. The maximum absolute atomic E-state index is 11.4. The van der Waals surface area contributed by atoms with Gasteiger partial charge in [0.2, 0.25) is 0 Å². The van der Waals surface area contributed by atoms with Crippen LogP contribution in [0.4, 0.5) is 0 Å². The molecule has 1 heterocycles. The van der Waals surface area contributed by atoms with E-state index in [0.29, 0.717) is 11.1 Å². The Morgan fingerprint density at radius 2 is 2.20 bits per heavy atom. The lowest BCUT2D eigenvalue weighted by atomic mass is 10.2. The van der Waals surface area contributed by atoms with Crippen molar-refractivity contribution in [3.8, 4) is 5.75 Å². The van der Waals surface area contributed by atoms with Crippen LogP contribution in [0, 0.1) is 0 Å². The van der Waals surface area contributed by atoms with Crippen LogP contribution in [0.5, 0.6) is 5.75 Å². The van der Waals surface area contributed by atoms with Crippen molar-refractivity contribution >= 4 is 11.0 Å². The third-order valence-electron chi connectivity index (χ3n) is 2.09. The van der Waals surface area contributed by atoms with Gasteiger partial charge in [0.05, 0.1) is 12.2 Å². The predicted octanol–water partition coefficient (Wildman–Crippen LogP) is 1.64. The van der Waals surface area contributed by atoms with Gasteiger partial charge in [0.25, 0.3) is 0 Å². The smallest absolute Gasteiger partial charge is 0.341 e. The van der Waals surface area contributed by atoms with Gasteiger partial charge in [0.1, 0.15) is 11.3 Å². The van der Waals surface area contributed by atoms with Crippen LogP contribution in [0.1, 0.15) is 5.56 Å². The van der Waals surface area contributed by atoms with E-state index in [2.05, 4.69) is 0 Å². The van der Waals surface area contributed by atoms with E-state index in [1.165, 1.54) is 13.2 Å². The van der Waals surface area contributed by atoms with Gasteiger partial charge in [-0.05, 0) is 18.2 Å². The molecule has 15 heavy (non-hydrogen) atoms. The van der Waals surface area contributed by atoms with Crippen LogP contribution in [0.15, 0.2) is 33.5 Å². The van der Waals surface area contributed by atoms with Gasteiger partial charge in [-0.2, -0.15) is 0 Å². The summed E-state index contributed by atoms with van der Waals surface area (Å²) < 4.78 is 9.90. The molecule has 0 radical (unpaired) electrons. The Morgan fingerprint density at radius 3 is 2.93 bits per heavy atom. The van der Waals surface area contributed by atoms with Crippen molar-refractivity contribution in [3.63, 3.8) is 0 Å². The van der Waals surface area contributed by atoms with Crippen molar-refractivity contribution in [3.05, 3.63) is 40.2 Å². The maximum atomic E-state index is 11.4. The van der Waals surface area contributed by atoms with Crippen LogP contribution in [0.25, 0.3) is 11.0 Å². The standard InChI is InChI=1S/C11H10O4/c1-14-6-8-4-7-2-3-9(12)5-10(7)15-11(8)13/h2-5,12H,6H2,1H3. The molecule has 0 aliphatic carbocycles. The van der Waals surface area contributed by atoms with Gasteiger partial charge < -0.3 is 14.3 Å². The Labute approximate surface area is 85.7 Å². The van der Waals surface area contributed by atoms with Gasteiger partial charge in [-0.15, -0.1) is 0 Å². The second-order valence-corrected chi connectivity index (χ2v) is 3.21. The van der Waals surface area contributed by atoms with E-state index in [1.54, 1.807) is 18.2 Å². The minimum atomic E-state index is -0.435. The molecule has 0 saturated carbocycles. The SMILES string of the molecule is COCc1cc2ccc(O)cc2oc1=O. The van der Waals surface area contributed by atoms with E-state index in [1.807, 2.05) is 0 Å². The van der Waals surface area contributed by atoms with Crippen molar-refractivity contribution < 1.29 is 14.3 Å². The summed E-state index contributed by atoms with van der Waals surface area (Å²) in [7, 11) is 1.51. The summed E-state index contributed by atoms with van der Waals surface area (Å²) in [5, 5.41) is 9.97. The molecule has 0 amide bonds. The van der Waals surface area contributed by atoms with Crippen molar-refractivity contribution in [1.82, 2.24) is 0 Å². The summed E-state index contributed by atoms with van der Waals surface area (Å²) in [5.74, 6) is 0.0742. The fourth-order valence-electron chi connectivity index (χ4n) is 1.40. The molecule has 1 N–H and O–H groups in total. The van der Waals surface area contributed by atoms with Crippen molar-refractivity contribution in [2.24, 2.45) is 0 Å². The van der Waals surface area contributed by atoms with E-state index < -0.39 is 5.63 Å². The molecule has 0 atom stereocenters. The van der Waals surface area contributed by atoms with Gasteiger partial charge in [-0.3, -0.25) is 0 Å². The molecule has 1 aromatic carbocycles. The molecular formula is C11H10O4. The van der Waals surface area contributed by atoms with Crippen LogP contribution < -0.4 is 5.63 Å². The number of hydrogen-bond acceptors (Lipinski definition) is 4. The van der Waals surface area contributed by atoms with E-state index >= 15 is 0 Å². The molecular weight excluding hydrogens is 196 g/mol. The minimum absolute atomic E-state index is 0.0742. The second kappa shape index (κ2) is 3.74. The third kappa shape index (κ3) is 1.85. The van der Waals surface area contributed by atoms with Crippen molar-refractivity contribution in [2.75, 3.05) is 7.11 Å². The Balaban J connectivity index is 2.65. The molecule has 78 valence electrons. The fraction of sp³-hybridized carbons (Fsp3) is 0.182. The highest BCUT2D eigenvalue weighted by Crippen LogP contribution is 2.19. The Morgan fingerprint density at radius 1 is 1.40 bits per heavy atom. The zero-order valence-electron chi connectivity index (χ0n) is 8.19. The summed E-state index contributed by atoms with van der Waals surface area (Å²) in [6.45, 7) is 0.221. The molecule has 0 aliphatic heterocycles. The Kier molecular flexibility index (Phi) is 2.43. The zero-order chi connectivity index (χ0) is 10.8. The molecule has 0 fully saturated rings. The van der Waals surface area contributed by atoms with Crippen LogP contribution in [-0.2, 0) is 11.3 Å². The number of phenolic OH excluding ortho intramolecular Hbond substituents is 1. The lowest BCUT2D eigenvalue weighted by Gasteiger charge is -2.01. The molecule has 0 saturated heterocycles. The maximum Gasteiger partial charge on any atom is 0.341 e. The second-order valence-electron chi connectivity index (χ2n) is 3.21. The molecule has 4 nitrogen and oxygen atoms in total. The molecule has 0 aliphatic rings. The number of hydrogen-bond donors (Lipinski definition) is 1. The van der Waals surface area contributed by atoms with E-state index in [9.17, 15) is 9.90 Å². The molecule has 0 bridgehead atoms. The fourth-order valence-corrected chi connectivity index (χ4v) is 1.40. The first-order valence-corrected chi connectivity index (χ1v) is 4.45. The molecule has 0 spiro atoms. The summed E-state index contributed by atoms with van der Waals surface area (Å²) in [6, 6.07) is 6.34. The highest BCUT2D eigenvalue weighted by atomic mass is 16.5. The van der Waals surface area contributed by atoms with E-state index in [4.69, 9.17) is 9.15 Å². The molecule has 2 aromatic rings. The zero-order valence-corrected chi connectivity index (χ0v) is 8.19.